The number of carbonyl (C=O) groups is 1. The van der Waals surface area contributed by atoms with E-state index in [1.807, 2.05) is 11.8 Å². The maximum atomic E-state index is 12.4. The van der Waals surface area contributed by atoms with Crippen LogP contribution >= 0.6 is 0 Å². The molecule has 0 radical (unpaired) electrons. The Balaban J connectivity index is 2.59. The molecule has 1 amide bonds. The highest BCUT2D eigenvalue weighted by Crippen LogP contribution is 2.42. The van der Waals surface area contributed by atoms with E-state index >= 15 is 0 Å². The number of benzene rings is 1. The number of anilines is 1. The Morgan fingerprint density at radius 1 is 1.45 bits per heavy atom. The molecule has 1 aromatic rings. The fourth-order valence-corrected chi connectivity index (χ4v) is 3.25. The zero-order valence-corrected chi connectivity index (χ0v) is 14.4. The van der Waals surface area contributed by atoms with E-state index in [4.69, 9.17) is 10.5 Å². The van der Waals surface area contributed by atoms with Gasteiger partial charge in [-0.1, -0.05) is 26.8 Å². The van der Waals surface area contributed by atoms with Gasteiger partial charge in [0.2, 0.25) is 0 Å². The van der Waals surface area contributed by atoms with E-state index in [1.54, 1.807) is 7.11 Å². The number of ether oxygens (including phenoxy) is 1. The summed E-state index contributed by atoms with van der Waals surface area (Å²) in [6.45, 7) is 9.48. The van der Waals surface area contributed by atoms with Crippen molar-refractivity contribution in [2.75, 3.05) is 25.2 Å². The smallest absolute Gasteiger partial charge is 0.252 e. The molecule has 4 nitrogen and oxygen atoms in total. The van der Waals surface area contributed by atoms with Gasteiger partial charge in [0.05, 0.1) is 0 Å². The van der Waals surface area contributed by atoms with Crippen molar-refractivity contribution < 1.29 is 9.53 Å². The van der Waals surface area contributed by atoms with Gasteiger partial charge in [0.25, 0.3) is 5.91 Å². The predicted molar refractivity (Wildman–Crippen MR) is 90.3 cm³/mol. The SMILES string of the molecule is CCc1cc2c(cc1C(C)N)N(C(=O)COC)CCC2(C)C. The molecular weight excluding hydrogens is 276 g/mol. The number of nitrogens with two attached hydrogens (primary N) is 1. The molecule has 2 N–H and O–H groups in total. The highest BCUT2D eigenvalue weighted by Gasteiger charge is 2.34. The zero-order chi connectivity index (χ0) is 16.5. The second-order valence-corrected chi connectivity index (χ2v) is 6.82. The van der Waals surface area contributed by atoms with E-state index in [0.717, 1.165) is 30.6 Å². The fourth-order valence-electron chi connectivity index (χ4n) is 3.25. The van der Waals surface area contributed by atoms with Crippen LogP contribution in [-0.4, -0.2) is 26.2 Å². The molecule has 4 heteroatoms. The molecular formula is C18H28N2O2. The van der Waals surface area contributed by atoms with Gasteiger partial charge in [0.1, 0.15) is 6.61 Å². The number of amides is 1. The molecule has 1 unspecified atom stereocenters. The quantitative estimate of drug-likeness (QED) is 0.930. The van der Waals surface area contributed by atoms with Crippen LogP contribution in [-0.2, 0) is 21.4 Å². The van der Waals surface area contributed by atoms with Gasteiger partial charge in [-0.3, -0.25) is 4.79 Å². The first kappa shape index (κ1) is 17.0. The Labute approximate surface area is 133 Å². The summed E-state index contributed by atoms with van der Waals surface area (Å²) in [5, 5.41) is 0. The Kier molecular flexibility index (Phi) is 4.93. The third kappa shape index (κ3) is 3.03. The van der Waals surface area contributed by atoms with E-state index in [0.29, 0.717) is 0 Å². The Bertz CT molecular complexity index is 564. The highest BCUT2D eigenvalue weighted by molar-refractivity contribution is 5.96. The van der Waals surface area contributed by atoms with Crippen LogP contribution in [0.4, 0.5) is 5.69 Å². The van der Waals surface area contributed by atoms with Gasteiger partial charge in [0, 0.05) is 25.4 Å². The zero-order valence-electron chi connectivity index (χ0n) is 14.4. The number of carbonyl (C=O) groups excluding carboxylic acids is 1. The minimum absolute atomic E-state index is 0.0131. The van der Waals surface area contributed by atoms with Crippen LogP contribution in [0.15, 0.2) is 12.1 Å². The van der Waals surface area contributed by atoms with Crippen molar-refractivity contribution in [2.24, 2.45) is 5.73 Å². The van der Waals surface area contributed by atoms with Crippen molar-refractivity contribution >= 4 is 11.6 Å². The summed E-state index contributed by atoms with van der Waals surface area (Å²) in [4.78, 5) is 14.2. The number of nitrogens with zero attached hydrogens (tertiary/aromatic N) is 1. The van der Waals surface area contributed by atoms with Crippen LogP contribution < -0.4 is 10.6 Å². The first-order valence-corrected chi connectivity index (χ1v) is 8.04. The Morgan fingerprint density at radius 3 is 2.68 bits per heavy atom. The van der Waals surface area contributed by atoms with Gasteiger partial charge < -0.3 is 15.4 Å². The number of rotatable bonds is 4. The molecule has 1 heterocycles. The van der Waals surface area contributed by atoms with Crippen molar-refractivity contribution in [3.8, 4) is 0 Å². The molecule has 0 aliphatic carbocycles. The van der Waals surface area contributed by atoms with Crippen LogP contribution in [0, 0.1) is 0 Å². The monoisotopic (exact) mass is 304 g/mol. The molecule has 0 aromatic heterocycles. The lowest BCUT2D eigenvalue weighted by molar-refractivity contribution is -0.122. The number of fused-ring (bicyclic) bond motifs is 1. The Morgan fingerprint density at radius 2 is 2.14 bits per heavy atom. The second-order valence-electron chi connectivity index (χ2n) is 6.82. The van der Waals surface area contributed by atoms with Crippen LogP contribution in [0.25, 0.3) is 0 Å². The normalized spacial score (nSPS) is 18.0. The number of hydrogen-bond donors (Lipinski definition) is 1. The largest absolute Gasteiger partial charge is 0.375 e. The molecule has 22 heavy (non-hydrogen) atoms. The van der Waals surface area contributed by atoms with Crippen molar-refractivity contribution in [3.63, 3.8) is 0 Å². The van der Waals surface area contributed by atoms with Gasteiger partial charge in [-0.05, 0) is 47.9 Å². The molecule has 122 valence electrons. The minimum Gasteiger partial charge on any atom is -0.375 e. The van der Waals surface area contributed by atoms with Gasteiger partial charge in [0.15, 0.2) is 0 Å². The fraction of sp³-hybridized carbons (Fsp3) is 0.611. The van der Waals surface area contributed by atoms with Crippen molar-refractivity contribution in [1.29, 1.82) is 0 Å². The molecule has 2 rings (SSSR count). The first-order chi connectivity index (χ1) is 10.3. The van der Waals surface area contributed by atoms with Crippen LogP contribution in [0.5, 0.6) is 0 Å². The average Bonchev–Trinajstić information content (AvgIpc) is 2.46. The summed E-state index contributed by atoms with van der Waals surface area (Å²) in [5.74, 6) is 0.0131. The van der Waals surface area contributed by atoms with E-state index in [2.05, 4.69) is 32.9 Å². The first-order valence-electron chi connectivity index (χ1n) is 8.04. The van der Waals surface area contributed by atoms with E-state index in [1.165, 1.54) is 11.1 Å². The molecule has 0 spiro atoms. The lowest BCUT2D eigenvalue weighted by Gasteiger charge is -2.40. The van der Waals surface area contributed by atoms with Gasteiger partial charge in [-0.2, -0.15) is 0 Å². The summed E-state index contributed by atoms with van der Waals surface area (Å²) in [5.41, 5.74) is 10.9. The third-order valence-corrected chi connectivity index (χ3v) is 4.68. The lowest BCUT2D eigenvalue weighted by atomic mass is 9.75. The van der Waals surface area contributed by atoms with E-state index in [-0.39, 0.29) is 24.0 Å². The minimum atomic E-state index is -0.0373. The van der Waals surface area contributed by atoms with E-state index in [9.17, 15) is 4.79 Å². The molecule has 1 aromatic carbocycles. The van der Waals surface area contributed by atoms with Gasteiger partial charge in [-0.25, -0.2) is 0 Å². The average molecular weight is 304 g/mol. The number of methoxy groups -OCH3 is 1. The molecule has 0 bridgehead atoms. The summed E-state index contributed by atoms with van der Waals surface area (Å²) in [6, 6.07) is 4.33. The molecule has 1 aliphatic heterocycles. The molecule has 0 fully saturated rings. The Hall–Kier alpha value is -1.39. The summed E-state index contributed by atoms with van der Waals surface area (Å²) >= 11 is 0. The highest BCUT2D eigenvalue weighted by atomic mass is 16.5. The number of hydrogen-bond acceptors (Lipinski definition) is 3. The summed E-state index contributed by atoms with van der Waals surface area (Å²) in [7, 11) is 1.56. The molecule has 1 atom stereocenters. The summed E-state index contributed by atoms with van der Waals surface area (Å²) < 4.78 is 5.03. The van der Waals surface area contributed by atoms with Gasteiger partial charge >= 0.3 is 0 Å². The molecule has 1 aliphatic rings. The maximum Gasteiger partial charge on any atom is 0.252 e. The van der Waals surface area contributed by atoms with Crippen LogP contribution in [0.3, 0.4) is 0 Å². The van der Waals surface area contributed by atoms with Crippen LogP contribution in [0.1, 0.15) is 56.8 Å². The van der Waals surface area contributed by atoms with Crippen LogP contribution in [0.2, 0.25) is 0 Å². The summed E-state index contributed by atoms with van der Waals surface area (Å²) in [6.07, 6.45) is 1.91. The second kappa shape index (κ2) is 6.39. The number of aryl methyl sites for hydroxylation is 1. The van der Waals surface area contributed by atoms with Gasteiger partial charge in [-0.15, -0.1) is 0 Å². The van der Waals surface area contributed by atoms with Crippen molar-refractivity contribution in [3.05, 3.63) is 28.8 Å². The molecule has 0 saturated carbocycles. The maximum absolute atomic E-state index is 12.4. The molecule has 0 saturated heterocycles. The van der Waals surface area contributed by atoms with E-state index < -0.39 is 0 Å². The predicted octanol–water partition coefficient (Wildman–Crippen LogP) is 2.93. The lowest BCUT2D eigenvalue weighted by Crippen LogP contribution is -2.42. The third-order valence-electron chi connectivity index (χ3n) is 4.68. The topological polar surface area (TPSA) is 55.6 Å². The van der Waals surface area contributed by atoms with Crippen molar-refractivity contribution in [2.45, 2.75) is 52.0 Å². The van der Waals surface area contributed by atoms with Crippen molar-refractivity contribution in [1.82, 2.24) is 0 Å². The standard InChI is InChI=1S/C18H28N2O2/c1-6-13-9-15-16(10-14(13)12(2)19)20(17(21)11-22-5)8-7-18(15,3)4/h9-10,12H,6-8,11,19H2,1-5H3.